The molecule has 3 rings (SSSR count). The van der Waals surface area contributed by atoms with Crippen LogP contribution in [0.4, 0.5) is 0 Å². The van der Waals surface area contributed by atoms with Crippen molar-refractivity contribution in [2.24, 2.45) is 5.92 Å². The predicted molar refractivity (Wildman–Crippen MR) is 87.1 cm³/mol. The van der Waals surface area contributed by atoms with E-state index in [1.165, 1.54) is 10.4 Å². The lowest BCUT2D eigenvalue weighted by atomic mass is 9.77. The molecule has 1 N–H and O–H groups in total. The molecule has 0 bridgehead atoms. The van der Waals surface area contributed by atoms with Gasteiger partial charge in [-0.15, -0.1) is 11.3 Å². The van der Waals surface area contributed by atoms with Gasteiger partial charge < -0.3 is 10.1 Å². The van der Waals surface area contributed by atoms with Crippen LogP contribution in [0, 0.1) is 19.8 Å². The number of thiazole rings is 1. The molecule has 0 spiro atoms. The quantitative estimate of drug-likeness (QED) is 0.940. The third-order valence-electron chi connectivity index (χ3n) is 4.36. The molecule has 1 aliphatic rings. The van der Waals surface area contributed by atoms with E-state index in [4.69, 9.17) is 9.72 Å². The number of rotatable bonds is 3. The van der Waals surface area contributed by atoms with Crippen LogP contribution in [0.15, 0.2) is 24.3 Å². The number of nitrogens with zero attached hydrogens (tertiary/aromatic N) is 1. The van der Waals surface area contributed by atoms with Gasteiger partial charge in [0.25, 0.3) is 0 Å². The van der Waals surface area contributed by atoms with E-state index in [0.29, 0.717) is 12.5 Å². The highest BCUT2D eigenvalue weighted by atomic mass is 32.1. The Kier molecular flexibility index (Phi) is 3.76. The molecule has 0 saturated carbocycles. The van der Waals surface area contributed by atoms with Gasteiger partial charge in [0.2, 0.25) is 0 Å². The molecule has 1 aromatic carbocycles. The Morgan fingerprint density at radius 1 is 1.38 bits per heavy atom. The van der Waals surface area contributed by atoms with Crippen molar-refractivity contribution >= 4 is 11.3 Å². The van der Waals surface area contributed by atoms with Crippen molar-refractivity contribution in [1.82, 2.24) is 10.3 Å². The van der Waals surface area contributed by atoms with Gasteiger partial charge in [-0.3, -0.25) is 0 Å². The summed E-state index contributed by atoms with van der Waals surface area (Å²) >= 11 is 1.80. The maximum Gasteiger partial charge on any atom is 0.124 e. The average molecular weight is 302 g/mol. The number of nitrogens with one attached hydrogen (secondary N) is 1. The fourth-order valence-corrected chi connectivity index (χ4v) is 4.33. The van der Waals surface area contributed by atoms with Gasteiger partial charge >= 0.3 is 0 Å². The number of hydrogen-bond acceptors (Lipinski definition) is 4. The zero-order chi connectivity index (χ0) is 15.0. The number of para-hydroxylation sites is 1. The monoisotopic (exact) mass is 302 g/mol. The molecule has 0 saturated heterocycles. The van der Waals surface area contributed by atoms with Crippen LogP contribution < -0.4 is 10.1 Å². The predicted octanol–water partition coefficient (Wildman–Crippen LogP) is 3.64. The van der Waals surface area contributed by atoms with Crippen molar-refractivity contribution in [3.63, 3.8) is 0 Å². The van der Waals surface area contributed by atoms with Gasteiger partial charge in [-0.1, -0.05) is 32.0 Å². The Morgan fingerprint density at radius 3 is 2.81 bits per heavy atom. The molecule has 0 amide bonds. The number of benzene rings is 1. The molecule has 0 aliphatic carbocycles. The van der Waals surface area contributed by atoms with Gasteiger partial charge in [0, 0.05) is 16.4 Å². The van der Waals surface area contributed by atoms with Crippen LogP contribution in [0.2, 0.25) is 0 Å². The van der Waals surface area contributed by atoms with Crippen LogP contribution in [0.3, 0.4) is 0 Å². The van der Waals surface area contributed by atoms with Crippen LogP contribution in [0.1, 0.15) is 35.0 Å². The first-order valence-electron chi connectivity index (χ1n) is 7.51. The lowest BCUT2D eigenvalue weighted by molar-refractivity contribution is 0.141. The van der Waals surface area contributed by atoms with Gasteiger partial charge in [-0.05, 0) is 26.5 Å². The number of hydrogen-bond donors (Lipinski definition) is 1. The summed E-state index contributed by atoms with van der Waals surface area (Å²) in [6, 6.07) is 8.34. The molecule has 112 valence electrons. The van der Waals surface area contributed by atoms with E-state index in [-0.39, 0.29) is 5.54 Å². The molecule has 3 nitrogen and oxygen atoms in total. The highest BCUT2D eigenvalue weighted by Crippen LogP contribution is 2.46. The summed E-state index contributed by atoms with van der Waals surface area (Å²) in [6.45, 7) is 10.2. The molecule has 1 aliphatic heterocycles. The molecule has 0 radical (unpaired) electrons. The van der Waals surface area contributed by atoms with Gasteiger partial charge in [0.1, 0.15) is 16.3 Å². The Morgan fingerprint density at radius 2 is 2.14 bits per heavy atom. The summed E-state index contributed by atoms with van der Waals surface area (Å²) in [5.41, 5.74) is 2.09. The minimum atomic E-state index is -0.243. The van der Waals surface area contributed by atoms with Crippen molar-refractivity contribution < 1.29 is 4.74 Å². The second-order valence-corrected chi connectivity index (χ2v) is 6.91. The lowest BCUT2D eigenvalue weighted by Crippen LogP contribution is -2.52. The molecule has 0 fully saturated rings. The second kappa shape index (κ2) is 5.43. The van der Waals surface area contributed by atoms with Gasteiger partial charge in [-0.25, -0.2) is 4.98 Å². The molecule has 4 heteroatoms. The molecule has 2 aromatic rings. The average Bonchev–Trinajstić information content (AvgIpc) is 2.82. The Hall–Kier alpha value is -1.39. The topological polar surface area (TPSA) is 34.2 Å². The molecule has 1 aromatic heterocycles. The van der Waals surface area contributed by atoms with Crippen molar-refractivity contribution in [3.8, 4) is 5.75 Å². The number of ether oxygens (including phenoxy) is 1. The van der Waals surface area contributed by atoms with E-state index < -0.39 is 0 Å². The maximum atomic E-state index is 5.93. The zero-order valence-electron chi connectivity index (χ0n) is 13.1. The van der Waals surface area contributed by atoms with Crippen molar-refractivity contribution in [3.05, 3.63) is 45.4 Å². The van der Waals surface area contributed by atoms with E-state index in [9.17, 15) is 0 Å². The minimum absolute atomic E-state index is 0.243. The van der Waals surface area contributed by atoms with E-state index in [1.807, 2.05) is 6.07 Å². The van der Waals surface area contributed by atoms with Gasteiger partial charge in [0.15, 0.2) is 0 Å². The van der Waals surface area contributed by atoms with Gasteiger partial charge in [-0.2, -0.15) is 0 Å². The van der Waals surface area contributed by atoms with Gasteiger partial charge in [0.05, 0.1) is 12.3 Å². The molecule has 2 heterocycles. The van der Waals surface area contributed by atoms with Crippen molar-refractivity contribution in [1.29, 1.82) is 0 Å². The summed E-state index contributed by atoms with van der Waals surface area (Å²) in [7, 11) is 0. The smallest absolute Gasteiger partial charge is 0.124 e. The Labute approximate surface area is 130 Å². The van der Waals surface area contributed by atoms with Crippen molar-refractivity contribution in [2.75, 3.05) is 13.2 Å². The van der Waals surface area contributed by atoms with E-state index in [0.717, 1.165) is 23.0 Å². The van der Waals surface area contributed by atoms with E-state index >= 15 is 0 Å². The molecular formula is C17H22N2OS. The zero-order valence-corrected chi connectivity index (χ0v) is 13.9. The standard InChI is InChI=1S/C17H22N2OS/c1-5-18-17(16-19-12(3)13(4)21-16)11(2)10-20-15-9-7-6-8-14(15)17/h6-9,11,18H,5,10H2,1-4H3. The normalized spacial score (nSPS) is 24.5. The van der Waals surface area contributed by atoms with E-state index in [2.05, 4.69) is 51.2 Å². The van der Waals surface area contributed by atoms with Crippen LogP contribution in [0.25, 0.3) is 0 Å². The summed E-state index contributed by atoms with van der Waals surface area (Å²) in [5, 5.41) is 4.88. The highest BCUT2D eigenvalue weighted by Gasteiger charge is 2.46. The Bertz CT molecular complexity index is 632. The fraction of sp³-hybridized carbons (Fsp3) is 0.471. The molecule has 2 atom stereocenters. The number of aromatic nitrogens is 1. The molecule has 2 unspecified atom stereocenters. The number of aryl methyl sites for hydroxylation is 2. The minimum Gasteiger partial charge on any atom is -0.493 e. The molecular weight excluding hydrogens is 280 g/mol. The first-order valence-corrected chi connectivity index (χ1v) is 8.33. The first kappa shape index (κ1) is 14.5. The summed E-state index contributed by atoms with van der Waals surface area (Å²) in [5.74, 6) is 1.30. The van der Waals surface area contributed by atoms with E-state index in [1.54, 1.807) is 11.3 Å². The first-order chi connectivity index (χ1) is 10.1. The highest BCUT2D eigenvalue weighted by molar-refractivity contribution is 7.11. The SMILES string of the molecule is CCNC1(c2nc(C)c(C)s2)c2ccccc2OCC1C. The number of fused-ring (bicyclic) bond motifs is 1. The van der Waals surface area contributed by atoms with Crippen LogP contribution in [0.5, 0.6) is 5.75 Å². The van der Waals surface area contributed by atoms with Crippen LogP contribution in [-0.4, -0.2) is 18.1 Å². The summed E-state index contributed by atoms with van der Waals surface area (Å²) in [4.78, 5) is 6.16. The lowest BCUT2D eigenvalue weighted by Gasteiger charge is -2.43. The summed E-state index contributed by atoms with van der Waals surface area (Å²) in [6.07, 6.45) is 0. The second-order valence-electron chi connectivity index (χ2n) is 5.71. The third-order valence-corrected chi connectivity index (χ3v) is 5.57. The fourth-order valence-electron chi connectivity index (χ4n) is 3.11. The van der Waals surface area contributed by atoms with Crippen LogP contribution >= 0.6 is 11.3 Å². The van der Waals surface area contributed by atoms with Crippen molar-refractivity contribution in [2.45, 2.75) is 33.2 Å². The largest absolute Gasteiger partial charge is 0.493 e. The summed E-state index contributed by atoms with van der Waals surface area (Å²) < 4.78 is 5.93. The van der Waals surface area contributed by atoms with Crippen LogP contribution in [-0.2, 0) is 5.54 Å². The molecule has 21 heavy (non-hydrogen) atoms. The third kappa shape index (κ3) is 2.17. The Balaban J connectivity index is 2.24. The maximum absolute atomic E-state index is 5.93.